The molecule has 2 aromatic heterocycles. The molecule has 3 rings (SSSR count). The number of rotatable bonds is 5. The zero-order chi connectivity index (χ0) is 18.9. The van der Waals surface area contributed by atoms with Crippen molar-refractivity contribution in [2.45, 2.75) is 18.1 Å². The average Bonchev–Trinajstić information content (AvgIpc) is 3.23. The quantitative estimate of drug-likeness (QED) is 0.722. The number of ether oxygens (including phenoxy) is 1. The molecule has 0 bridgehead atoms. The van der Waals surface area contributed by atoms with Crippen molar-refractivity contribution in [3.8, 4) is 11.4 Å². The first-order valence-electron chi connectivity index (χ1n) is 7.64. The lowest BCUT2D eigenvalue weighted by molar-refractivity contribution is 0.0976. The van der Waals surface area contributed by atoms with Crippen LogP contribution in [-0.2, 0) is 10.0 Å². The maximum absolute atomic E-state index is 12.3. The molecule has 26 heavy (non-hydrogen) atoms. The number of sulfonamides is 1. The molecule has 0 radical (unpaired) electrons. The van der Waals surface area contributed by atoms with Gasteiger partial charge in [0.25, 0.3) is 15.9 Å². The first-order valence-corrected chi connectivity index (χ1v) is 10.00. The Balaban J connectivity index is 1.88. The number of methoxy groups -OCH3 is 1. The van der Waals surface area contributed by atoms with E-state index in [2.05, 4.69) is 9.82 Å². The molecule has 0 unspecified atom stereocenters. The summed E-state index contributed by atoms with van der Waals surface area (Å²) >= 11 is 1.06. The maximum atomic E-state index is 12.3. The summed E-state index contributed by atoms with van der Waals surface area (Å²) in [7, 11) is -2.38. The number of aryl methyl sites for hydroxylation is 2. The minimum atomic E-state index is -3.92. The van der Waals surface area contributed by atoms with E-state index in [1.807, 2.05) is 19.1 Å². The Morgan fingerprint density at radius 3 is 2.65 bits per heavy atom. The monoisotopic (exact) mass is 391 g/mol. The highest BCUT2D eigenvalue weighted by molar-refractivity contribution is 7.92. The standard InChI is InChI=1S/C17H17N3O4S2/c1-11-4-5-15(24-3)14(10-11)20-8-6-13(18-20)16(21)19-26(22,23)17-12(2)7-9-25-17/h4-10H,1-3H3,(H,19,21). The van der Waals surface area contributed by atoms with E-state index in [1.165, 1.54) is 10.7 Å². The van der Waals surface area contributed by atoms with Crippen molar-refractivity contribution in [2.75, 3.05) is 7.11 Å². The second-order valence-electron chi connectivity index (χ2n) is 5.65. The van der Waals surface area contributed by atoms with E-state index >= 15 is 0 Å². The third-order valence-corrected chi connectivity index (χ3v) is 6.71. The lowest BCUT2D eigenvalue weighted by Crippen LogP contribution is -2.30. The molecule has 0 saturated heterocycles. The fourth-order valence-electron chi connectivity index (χ4n) is 2.41. The number of benzene rings is 1. The van der Waals surface area contributed by atoms with Crippen LogP contribution in [-0.4, -0.2) is 31.2 Å². The molecule has 0 atom stereocenters. The van der Waals surface area contributed by atoms with Gasteiger partial charge >= 0.3 is 0 Å². The van der Waals surface area contributed by atoms with Gasteiger partial charge in [0, 0.05) is 6.20 Å². The molecule has 1 aromatic carbocycles. The van der Waals surface area contributed by atoms with Crippen molar-refractivity contribution in [2.24, 2.45) is 0 Å². The van der Waals surface area contributed by atoms with Gasteiger partial charge in [0.15, 0.2) is 5.69 Å². The van der Waals surface area contributed by atoms with Gasteiger partial charge in [-0.25, -0.2) is 17.8 Å². The topological polar surface area (TPSA) is 90.3 Å². The summed E-state index contributed by atoms with van der Waals surface area (Å²) in [6, 6.07) is 8.70. The largest absolute Gasteiger partial charge is 0.494 e. The summed E-state index contributed by atoms with van der Waals surface area (Å²) in [6.45, 7) is 3.60. The van der Waals surface area contributed by atoms with E-state index in [1.54, 1.807) is 37.7 Å². The van der Waals surface area contributed by atoms with Crippen molar-refractivity contribution >= 4 is 27.3 Å². The van der Waals surface area contributed by atoms with E-state index in [9.17, 15) is 13.2 Å². The van der Waals surface area contributed by atoms with Gasteiger partial charge in [-0.05, 0) is 54.6 Å². The molecule has 0 aliphatic rings. The molecule has 3 aromatic rings. The number of hydrogen-bond acceptors (Lipinski definition) is 6. The number of carbonyl (C=O) groups excluding carboxylic acids is 1. The van der Waals surface area contributed by atoms with E-state index in [4.69, 9.17) is 4.74 Å². The fraction of sp³-hybridized carbons (Fsp3) is 0.176. The van der Waals surface area contributed by atoms with Crippen LogP contribution in [0.2, 0.25) is 0 Å². The van der Waals surface area contributed by atoms with Crippen LogP contribution in [0.15, 0.2) is 46.1 Å². The van der Waals surface area contributed by atoms with Crippen molar-refractivity contribution in [1.29, 1.82) is 0 Å². The van der Waals surface area contributed by atoms with Crippen LogP contribution in [0.5, 0.6) is 5.75 Å². The molecule has 1 amide bonds. The predicted molar refractivity (Wildman–Crippen MR) is 98.6 cm³/mol. The Morgan fingerprint density at radius 2 is 2.00 bits per heavy atom. The van der Waals surface area contributed by atoms with Gasteiger partial charge in [-0.2, -0.15) is 5.10 Å². The molecule has 0 fully saturated rings. The molecule has 136 valence electrons. The van der Waals surface area contributed by atoms with Crippen LogP contribution in [0.3, 0.4) is 0 Å². The molecule has 0 aliphatic carbocycles. The minimum Gasteiger partial charge on any atom is -0.494 e. The van der Waals surface area contributed by atoms with Gasteiger partial charge in [-0.1, -0.05) is 6.07 Å². The van der Waals surface area contributed by atoms with Gasteiger partial charge in [0.1, 0.15) is 15.6 Å². The molecule has 0 saturated carbocycles. The summed E-state index contributed by atoms with van der Waals surface area (Å²) < 4.78 is 33.6. The van der Waals surface area contributed by atoms with Gasteiger partial charge in [-0.15, -0.1) is 11.3 Å². The van der Waals surface area contributed by atoms with E-state index in [0.717, 1.165) is 16.9 Å². The van der Waals surface area contributed by atoms with Crippen LogP contribution in [0.25, 0.3) is 5.69 Å². The normalized spacial score (nSPS) is 11.3. The van der Waals surface area contributed by atoms with E-state index in [0.29, 0.717) is 17.0 Å². The first-order chi connectivity index (χ1) is 12.3. The summed E-state index contributed by atoms with van der Waals surface area (Å²) in [5, 5.41) is 5.84. The Kier molecular flexibility index (Phi) is 4.84. The SMILES string of the molecule is COc1ccc(C)cc1-n1ccc(C(=O)NS(=O)(=O)c2sccc2C)n1. The molecular formula is C17H17N3O4S2. The lowest BCUT2D eigenvalue weighted by atomic mass is 10.2. The number of thiophene rings is 1. The molecule has 9 heteroatoms. The van der Waals surface area contributed by atoms with Gasteiger partial charge < -0.3 is 4.74 Å². The number of nitrogens with zero attached hydrogens (tertiary/aromatic N) is 2. The van der Waals surface area contributed by atoms with E-state index < -0.39 is 15.9 Å². The minimum absolute atomic E-state index is 0.00802. The Hall–Kier alpha value is -2.65. The average molecular weight is 391 g/mol. The Bertz CT molecular complexity index is 1070. The van der Waals surface area contributed by atoms with Crippen molar-refractivity contribution in [3.05, 3.63) is 58.7 Å². The maximum Gasteiger partial charge on any atom is 0.285 e. The van der Waals surface area contributed by atoms with Gasteiger partial charge in [-0.3, -0.25) is 4.79 Å². The highest BCUT2D eigenvalue weighted by atomic mass is 32.2. The van der Waals surface area contributed by atoms with Crippen LogP contribution in [0, 0.1) is 13.8 Å². The number of amides is 1. The fourth-order valence-corrected chi connectivity index (χ4v) is 4.79. The zero-order valence-corrected chi connectivity index (χ0v) is 16.0. The van der Waals surface area contributed by atoms with Crippen LogP contribution < -0.4 is 9.46 Å². The number of aromatic nitrogens is 2. The lowest BCUT2D eigenvalue weighted by Gasteiger charge is -2.09. The second kappa shape index (κ2) is 6.93. The molecule has 2 heterocycles. The molecule has 0 spiro atoms. The van der Waals surface area contributed by atoms with Gasteiger partial charge in [0.05, 0.1) is 7.11 Å². The summed E-state index contributed by atoms with van der Waals surface area (Å²) in [5.74, 6) is -0.198. The molecule has 1 N–H and O–H groups in total. The number of hydrogen-bond donors (Lipinski definition) is 1. The van der Waals surface area contributed by atoms with E-state index in [-0.39, 0.29) is 9.90 Å². The summed E-state index contributed by atoms with van der Waals surface area (Å²) in [5.41, 5.74) is 2.23. The second-order valence-corrected chi connectivity index (χ2v) is 8.44. The van der Waals surface area contributed by atoms with Crippen molar-refractivity contribution in [3.63, 3.8) is 0 Å². The highest BCUT2D eigenvalue weighted by Gasteiger charge is 2.23. The molecule has 7 nitrogen and oxygen atoms in total. The van der Waals surface area contributed by atoms with Crippen LogP contribution >= 0.6 is 11.3 Å². The molecule has 0 aliphatic heterocycles. The smallest absolute Gasteiger partial charge is 0.285 e. The third kappa shape index (κ3) is 3.49. The van der Waals surface area contributed by atoms with Gasteiger partial charge in [0.2, 0.25) is 0 Å². The summed E-state index contributed by atoms with van der Waals surface area (Å²) in [4.78, 5) is 12.3. The third-order valence-electron chi connectivity index (χ3n) is 3.69. The highest BCUT2D eigenvalue weighted by Crippen LogP contribution is 2.24. The number of carbonyl (C=O) groups is 1. The first kappa shape index (κ1) is 18.2. The van der Waals surface area contributed by atoms with Crippen molar-refractivity contribution < 1.29 is 17.9 Å². The Morgan fingerprint density at radius 1 is 1.23 bits per heavy atom. The predicted octanol–water partition coefficient (Wildman–Crippen LogP) is 2.68. The molecular weight excluding hydrogens is 374 g/mol. The number of nitrogens with one attached hydrogen (secondary N) is 1. The van der Waals surface area contributed by atoms with Crippen LogP contribution in [0.4, 0.5) is 0 Å². The Labute approximate surface area is 155 Å². The van der Waals surface area contributed by atoms with Crippen molar-refractivity contribution in [1.82, 2.24) is 14.5 Å². The zero-order valence-electron chi connectivity index (χ0n) is 14.4. The summed E-state index contributed by atoms with van der Waals surface area (Å²) in [6.07, 6.45) is 1.58. The van der Waals surface area contributed by atoms with Crippen LogP contribution in [0.1, 0.15) is 21.6 Å².